The highest BCUT2D eigenvalue weighted by atomic mass is 35.5. The molecule has 1 aliphatic rings. The van der Waals surface area contributed by atoms with Gasteiger partial charge >= 0.3 is 5.97 Å². The lowest BCUT2D eigenvalue weighted by Crippen LogP contribution is -2.39. The lowest BCUT2D eigenvalue weighted by molar-refractivity contribution is -0.384. The first kappa shape index (κ1) is 23.3. The van der Waals surface area contributed by atoms with Crippen LogP contribution in [0.4, 0.5) is 17.1 Å². The summed E-state index contributed by atoms with van der Waals surface area (Å²) in [5, 5.41) is 14.3. The van der Waals surface area contributed by atoms with Gasteiger partial charge in [0.25, 0.3) is 11.6 Å². The first-order valence-electron chi connectivity index (χ1n) is 10.1. The SMILES string of the molecule is COc1ccc(Cl)cc1NC(=O)C(C)OC(=O)C1CCN(c2ccccc2[N+](=O)[O-])CC1. The van der Waals surface area contributed by atoms with Gasteiger partial charge in [-0.3, -0.25) is 19.7 Å². The molecule has 0 bridgehead atoms. The Bertz CT molecular complexity index is 1010. The number of halogens is 1. The molecule has 1 heterocycles. The van der Waals surface area contributed by atoms with Crippen LogP contribution in [0.25, 0.3) is 0 Å². The number of nitrogens with one attached hydrogen (secondary N) is 1. The van der Waals surface area contributed by atoms with Crippen molar-refractivity contribution in [2.45, 2.75) is 25.9 Å². The predicted molar refractivity (Wildman–Crippen MR) is 120 cm³/mol. The molecular weight excluding hydrogens is 438 g/mol. The smallest absolute Gasteiger partial charge is 0.309 e. The number of rotatable bonds is 7. The topological polar surface area (TPSA) is 111 Å². The number of piperidine rings is 1. The minimum atomic E-state index is -1.01. The quantitative estimate of drug-likeness (QED) is 0.376. The number of amides is 1. The van der Waals surface area contributed by atoms with Crippen molar-refractivity contribution in [2.24, 2.45) is 5.92 Å². The van der Waals surface area contributed by atoms with Crippen LogP contribution in [0.5, 0.6) is 5.75 Å². The number of nitrogens with zero attached hydrogens (tertiary/aromatic N) is 2. The van der Waals surface area contributed by atoms with Gasteiger partial charge < -0.3 is 19.7 Å². The molecule has 0 aliphatic carbocycles. The Balaban J connectivity index is 1.55. The maximum atomic E-state index is 12.6. The maximum Gasteiger partial charge on any atom is 0.309 e. The van der Waals surface area contributed by atoms with Crippen molar-refractivity contribution in [3.8, 4) is 5.75 Å². The first-order chi connectivity index (χ1) is 15.3. The number of hydrogen-bond donors (Lipinski definition) is 1. The number of esters is 1. The van der Waals surface area contributed by atoms with E-state index < -0.39 is 22.9 Å². The number of methoxy groups -OCH3 is 1. The highest BCUT2D eigenvalue weighted by Crippen LogP contribution is 2.32. The third-order valence-electron chi connectivity index (χ3n) is 5.33. The fourth-order valence-corrected chi connectivity index (χ4v) is 3.75. The predicted octanol–water partition coefficient (Wildman–Crippen LogP) is 4.04. The molecule has 1 aliphatic heterocycles. The van der Waals surface area contributed by atoms with Gasteiger partial charge in [0.2, 0.25) is 0 Å². The summed E-state index contributed by atoms with van der Waals surface area (Å²) in [5.74, 6) is -0.919. The molecule has 1 amide bonds. The van der Waals surface area contributed by atoms with Crippen molar-refractivity contribution >= 4 is 40.5 Å². The zero-order valence-electron chi connectivity index (χ0n) is 17.7. The number of hydrogen-bond acceptors (Lipinski definition) is 7. The van der Waals surface area contributed by atoms with Crippen LogP contribution < -0.4 is 15.0 Å². The fraction of sp³-hybridized carbons (Fsp3) is 0.364. The van der Waals surface area contributed by atoms with E-state index in [1.807, 2.05) is 4.90 Å². The second-order valence-corrected chi connectivity index (χ2v) is 7.86. The van der Waals surface area contributed by atoms with Crippen molar-refractivity contribution in [1.82, 2.24) is 0 Å². The molecule has 2 aromatic carbocycles. The van der Waals surface area contributed by atoms with E-state index >= 15 is 0 Å². The van der Waals surface area contributed by atoms with Gasteiger partial charge in [-0.15, -0.1) is 0 Å². The van der Waals surface area contributed by atoms with Crippen molar-refractivity contribution in [1.29, 1.82) is 0 Å². The average Bonchev–Trinajstić information content (AvgIpc) is 2.79. The molecule has 10 heteroatoms. The summed E-state index contributed by atoms with van der Waals surface area (Å²) in [7, 11) is 1.47. The maximum absolute atomic E-state index is 12.6. The molecule has 0 saturated carbocycles. The summed E-state index contributed by atoms with van der Waals surface area (Å²) in [5.41, 5.74) is 0.952. The van der Waals surface area contributed by atoms with Crippen LogP contribution in [0.3, 0.4) is 0 Å². The molecule has 1 fully saturated rings. The highest BCUT2D eigenvalue weighted by molar-refractivity contribution is 6.31. The molecule has 32 heavy (non-hydrogen) atoms. The molecule has 1 saturated heterocycles. The average molecular weight is 462 g/mol. The van der Waals surface area contributed by atoms with Crippen LogP contribution in [0, 0.1) is 16.0 Å². The fourth-order valence-electron chi connectivity index (χ4n) is 3.58. The van der Waals surface area contributed by atoms with Crippen LogP contribution >= 0.6 is 11.6 Å². The summed E-state index contributed by atoms with van der Waals surface area (Å²) in [4.78, 5) is 37.8. The molecule has 1 atom stereocenters. The van der Waals surface area contributed by atoms with Crippen LogP contribution in [-0.4, -0.2) is 43.1 Å². The monoisotopic (exact) mass is 461 g/mol. The minimum Gasteiger partial charge on any atom is -0.495 e. The highest BCUT2D eigenvalue weighted by Gasteiger charge is 2.31. The van der Waals surface area contributed by atoms with E-state index in [4.69, 9.17) is 21.1 Å². The zero-order chi connectivity index (χ0) is 23.3. The van der Waals surface area contributed by atoms with Crippen molar-refractivity contribution in [3.63, 3.8) is 0 Å². The normalized spacial score (nSPS) is 15.0. The standard InChI is InChI=1S/C22H24ClN3O6/c1-14(21(27)24-17-13-16(23)7-8-20(17)31-2)32-22(28)15-9-11-25(12-10-15)18-5-3-4-6-19(18)26(29)30/h3-8,13-15H,9-12H2,1-2H3,(H,24,27). The van der Waals surface area contributed by atoms with Gasteiger partial charge in [-0.05, 0) is 44.0 Å². The molecule has 1 unspecified atom stereocenters. The molecule has 2 aromatic rings. The van der Waals surface area contributed by atoms with Gasteiger partial charge in [-0.25, -0.2) is 0 Å². The number of para-hydroxylation sites is 2. The Morgan fingerprint density at radius 2 is 1.91 bits per heavy atom. The lowest BCUT2D eigenvalue weighted by Gasteiger charge is -2.32. The van der Waals surface area contributed by atoms with Crippen molar-refractivity contribution < 1.29 is 24.0 Å². The first-order valence-corrected chi connectivity index (χ1v) is 10.5. The van der Waals surface area contributed by atoms with E-state index in [2.05, 4.69) is 5.32 Å². The summed E-state index contributed by atoms with van der Waals surface area (Å²) < 4.78 is 10.6. The minimum absolute atomic E-state index is 0.0373. The number of benzene rings is 2. The summed E-state index contributed by atoms with van der Waals surface area (Å²) >= 11 is 5.97. The molecule has 0 radical (unpaired) electrons. The van der Waals surface area contributed by atoms with E-state index in [-0.39, 0.29) is 11.6 Å². The van der Waals surface area contributed by atoms with E-state index in [9.17, 15) is 19.7 Å². The lowest BCUT2D eigenvalue weighted by atomic mass is 9.96. The zero-order valence-corrected chi connectivity index (χ0v) is 18.5. The molecule has 3 rings (SSSR count). The molecule has 1 N–H and O–H groups in total. The summed E-state index contributed by atoms with van der Waals surface area (Å²) in [6.07, 6.45) is -0.0673. The number of carbonyl (C=O) groups is 2. The van der Waals surface area contributed by atoms with Crippen LogP contribution in [0.15, 0.2) is 42.5 Å². The number of anilines is 2. The molecular formula is C22H24ClN3O6. The number of carbonyl (C=O) groups excluding carboxylic acids is 2. The van der Waals surface area contributed by atoms with Gasteiger partial charge in [0.1, 0.15) is 11.4 Å². The van der Waals surface area contributed by atoms with E-state index in [1.54, 1.807) is 36.4 Å². The van der Waals surface area contributed by atoms with Crippen LogP contribution in [-0.2, 0) is 14.3 Å². The van der Waals surface area contributed by atoms with Crippen LogP contribution in [0.2, 0.25) is 5.02 Å². The Morgan fingerprint density at radius 3 is 2.56 bits per heavy atom. The Labute approximate surface area is 190 Å². The molecule has 170 valence electrons. The third kappa shape index (κ3) is 5.47. The van der Waals surface area contributed by atoms with Crippen LogP contribution in [0.1, 0.15) is 19.8 Å². The van der Waals surface area contributed by atoms with Gasteiger partial charge in [-0.2, -0.15) is 0 Å². The molecule has 9 nitrogen and oxygen atoms in total. The van der Waals surface area contributed by atoms with E-state index in [0.717, 1.165) is 0 Å². The largest absolute Gasteiger partial charge is 0.495 e. The summed E-state index contributed by atoms with van der Waals surface area (Å²) in [6.45, 7) is 2.45. The number of nitro groups is 1. The second-order valence-electron chi connectivity index (χ2n) is 7.42. The Hall–Kier alpha value is -3.33. The van der Waals surface area contributed by atoms with E-state index in [0.29, 0.717) is 48.1 Å². The van der Waals surface area contributed by atoms with Crippen molar-refractivity contribution in [2.75, 3.05) is 30.4 Å². The van der Waals surface area contributed by atoms with Gasteiger partial charge in [-0.1, -0.05) is 23.7 Å². The van der Waals surface area contributed by atoms with Crippen molar-refractivity contribution in [3.05, 3.63) is 57.6 Å². The second kappa shape index (κ2) is 10.3. The Morgan fingerprint density at radius 1 is 1.22 bits per heavy atom. The Kier molecular flexibility index (Phi) is 7.53. The van der Waals surface area contributed by atoms with Gasteiger partial charge in [0.05, 0.1) is 23.6 Å². The van der Waals surface area contributed by atoms with E-state index in [1.165, 1.54) is 20.1 Å². The number of ether oxygens (including phenoxy) is 2. The number of nitro benzene ring substituents is 1. The molecule has 0 aromatic heterocycles. The summed E-state index contributed by atoms with van der Waals surface area (Å²) in [6, 6.07) is 11.3. The van der Waals surface area contributed by atoms with Gasteiger partial charge in [0.15, 0.2) is 6.10 Å². The molecule has 0 spiro atoms. The third-order valence-corrected chi connectivity index (χ3v) is 5.56. The van der Waals surface area contributed by atoms with Gasteiger partial charge in [0, 0.05) is 24.2 Å².